The minimum absolute atomic E-state index is 0.0239. The number of aromatic hydroxyl groups is 1. The SMILES string of the molecule is C/C(CC(=O)Nc1cc(Cl)ccc1Cl)=N/NC(=O)c1cc(Cl)ccc1O. The number of hydrogen-bond donors (Lipinski definition) is 3. The van der Waals surface area contributed by atoms with Crippen LogP contribution in [0.25, 0.3) is 0 Å². The molecule has 0 aliphatic carbocycles. The summed E-state index contributed by atoms with van der Waals surface area (Å²) in [6.45, 7) is 1.57. The molecule has 136 valence electrons. The van der Waals surface area contributed by atoms with Crippen LogP contribution in [0.3, 0.4) is 0 Å². The molecular formula is C17H14Cl3N3O3. The van der Waals surface area contributed by atoms with Gasteiger partial charge in [0.1, 0.15) is 5.75 Å². The number of phenolic OH excluding ortho intramolecular Hbond substituents is 1. The number of halogens is 3. The van der Waals surface area contributed by atoms with Gasteiger partial charge >= 0.3 is 0 Å². The molecule has 0 saturated carbocycles. The number of phenols is 1. The zero-order valence-corrected chi connectivity index (χ0v) is 15.8. The summed E-state index contributed by atoms with van der Waals surface area (Å²) < 4.78 is 0. The Morgan fingerprint density at radius 2 is 1.73 bits per heavy atom. The zero-order valence-electron chi connectivity index (χ0n) is 13.5. The molecule has 0 aromatic heterocycles. The molecule has 0 radical (unpaired) electrons. The van der Waals surface area contributed by atoms with Crippen LogP contribution in [0.2, 0.25) is 15.1 Å². The highest BCUT2D eigenvalue weighted by Crippen LogP contribution is 2.25. The number of nitrogens with zero attached hydrogens (tertiary/aromatic N) is 1. The van der Waals surface area contributed by atoms with E-state index in [9.17, 15) is 14.7 Å². The van der Waals surface area contributed by atoms with Crippen LogP contribution in [0.5, 0.6) is 5.75 Å². The maximum atomic E-state index is 12.0. The third-order valence-corrected chi connectivity index (χ3v) is 3.97. The second-order valence-corrected chi connectivity index (χ2v) is 6.58. The van der Waals surface area contributed by atoms with E-state index in [0.717, 1.165) is 0 Å². The van der Waals surface area contributed by atoms with Crippen molar-refractivity contribution in [3.8, 4) is 5.75 Å². The van der Waals surface area contributed by atoms with Crippen LogP contribution in [0.15, 0.2) is 41.5 Å². The zero-order chi connectivity index (χ0) is 19.3. The van der Waals surface area contributed by atoms with Crippen molar-refractivity contribution in [3.05, 3.63) is 57.0 Å². The maximum Gasteiger partial charge on any atom is 0.275 e. The Kier molecular flexibility index (Phi) is 6.85. The fourth-order valence-electron chi connectivity index (χ4n) is 1.96. The number of amides is 2. The predicted molar refractivity (Wildman–Crippen MR) is 103 cm³/mol. The van der Waals surface area contributed by atoms with Crippen molar-refractivity contribution in [1.82, 2.24) is 5.43 Å². The quantitative estimate of drug-likeness (QED) is 0.497. The summed E-state index contributed by atoms with van der Waals surface area (Å²) in [6.07, 6.45) is -0.0787. The average Bonchev–Trinajstić information content (AvgIpc) is 2.58. The smallest absolute Gasteiger partial charge is 0.275 e. The fraction of sp³-hybridized carbons (Fsp3) is 0.118. The lowest BCUT2D eigenvalue weighted by Gasteiger charge is -2.08. The van der Waals surface area contributed by atoms with E-state index in [4.69, 9.17) is 34.8 Å². The van der Waals surface area contributed by atoms with Crippen molar-refractivity contribution >= 4 is 58.0 Å². The first-order chi connectivity index (χ1) is 12.3. The van der Waals surface area contributed by atoms with Crippen molar-refractivity contribution in [2.75, 3.05) is 5.32 Å². The third-order valence-electron chi connectivity index (χ3n) is 3.17. The van der Waals surface area contributed by atoms with Crippen molar-refractivity contribution < 1.29 is 14.7 Å². The molecule has 2 aromatic rings. The van der Waals surface area contributed by atoms with Crippen LogP contribution in [-0.2, 0) is 4.79 Å². The van der Waals surface area contributed by atoms with Gasteiger partial charge in [-0.05, 0) is 43.3 Å². The molecule has 0 saturated heterocycles. The van der Waals surface area contributed by atoms with E-state index in [1.54, 1.807) is 19.1 Å². The first-order valence-electron chi connectivity index (χ1n) is 7.33. The summed E-state index contributed by atoms with van der Waals surface area (Å²) in [5, 5.41) is 17.2. The van der Waals surface area contributed by atoms with Crippen molar-refractivity contribution in [1.29, 1.82) is 0 Å². The molecule has 0 heterocycles. The first-order valence-corrected chi connectivity index (χ1v) is 8.46. The molecule has 0 fully saturated rings. The normalized spacial score (nSPS) is 11.2. The van der Waals surface area contributed by atoms with Gasteiger partial charge < -0.3 is 10.4 Å². The summed E-state index contributed by atoms with van der Waals surface area (Å²) in [5.41, 5.74) is 2.96. The highest BCUT2D eigenvalue weighted by molar-refractivity contribution is 6.35. The Bertz CT molecular complexity index is 885. The molecular weight excluding hydrogens is 401 g/mol. The van der Waals surface area contributed by atoms with Crippen LogP contribution >= 0.6 is 34.8 Å². The monoisotopic (exact) mass is 413 g/mol. The number of nitrogens with one attached hydrogen (secondary N) is 2. The second kappa shape index (κ2) is 8.89. The minimum Gasteiger partial charge on any atom is -0.507 e. The van der Waals surface area contributed by atoms with E-state index in [2.05, 4.69) is 15.8 Å². The summed E-state index contributed by atoms with van der Waals surface area (Å²) in [5.74, 6) is -1.26. The highest BCUT2D eigenvalue weighted by atomic mass is 35.5. The number of hydrogen-bond acceptors (Lipinski definition) is 4. The number of carbonyl (C=O) groups is 2. The summed E-state index contributed by atoms with van der Waals surface area (Å²) >= 11 is 17.6. The van der Waals surface area contributed by atoms with Gasteiger partial charge in [0.15, 0.2) is 0 Å². The maximum absolute atomic E-state index is 12.0. The van der Waals surface area contributed by atoms with Crippen molar-refractivity contribution in [3.63, 3.8) is 0 Å². The van der Waals surface area contributed by atoms with E-state index < -0.39 is 5.91 Å². The molecule has 9 heteroatoms. The Hall–Kier alpha value is -2.28. The van der Waals surface area contributed by atoms with Crippen molar-refractivity contribution in [2.24, 2.45) is 5.10 Å². The third kappa shape index (κ3) is 5.62. The Balaban J connectivity index is 1.97. The van der Waals surface area contributed by atoms with Gasteiger partial charge in [-0.2, -0.15) is 5.10 Å². The largest absolute Gasteiger partial charge is 0.507 e. The number of anilines is 1. The number of carbonyl (C=O) groups excluding carboxylic acids is 2. The van der Waals surface area contributed by atoms with Gasteiger partial charge in [-0.15, -0.1) is 0 Å². The Morgan fingerprint density at radius 3 is 2.46 bits per heavy atom. The molecule has 0 aliphatic rings. The lowest BCUT2D eigenvalue weighted by Crippen LogP contribution is -2.21. The molecule has 0 spiro atoms. The Labute approximate surface area is 164 Å². The summed E-state index contributed by atoms with van der Waals surface area (Å²) in [4.78, 5) is 24.0. The summed E-state index contributed by atoms with van der Waals surface area (Å²) in [7, 11) is 0. The van der Waals surface area contributed by atoms with Crippen LogP contribution in [0.4, 0.5) is 5.69 Å². The molecule has 0 unspecified atom stereocenters. The molecule has 0 atom stereocenters. The molecule has 2 amide bonds. The van der Waals surface area contributed by atoms with Gasteiger partial charge in [0.05, 0.1) is 22.7 Å². The van der Waals surface area contributed by atoms with Gasteiger partial charge in [-0.25, -0.2) is 5.43 Å². The average molecular weight is 415 g/mol. The molecule has 6 nitrogen and oxygen atoms in total. The van der Waals surface area contributed by atoms with Crippen LogP contribution < -0.4 is 10.7 Å². The van der Waals surface area contributed by atoms with E-state index >= 15 is 0 Å². The van der Waals surface area contributed by atoms with E-state index in [0.29, 0.717) is 26.5 Å². The predicted octanol–water partition coefficient (Wildman–Crippen LogP) is 4.49. The molecule has 2 rings (SSSR count). The highest BCUT2D eigenvalue weighted by Gasteiger charge is 2.12. The second-order valence-electron chi connectivity index (χ2n) is 5.30. The van der Waals surface area contributed by atoms with E-state index in [1.165, 1.54) is 24.3 Å². The van der Waals surface area contributed by atoms with Gasteiger partial charge in [0.25, 0.3) is 5.91 Å². The van der Waals surface area contributed by atoms with Crippen LogP contribution in [-0.4, -0.2) is 22.6 Å². The van der Waals surface area contributed by atoms with Gasteiger partial charge in [0, 0.05) is 15.8 Å². The Morgan fingerprint density at radius 1 is 1.08 bits per heavy atom. The molecule has 26 heavy (non-hydrogen) atoms. The van der Waals surface area contributed by atoms with Gasteiger partial charge in [0.2, 0.25) is 5.91 Å². The van der Waals surface area contributed by atoms with Crippen LogP contribution in [0, 0.1) is 0 Å². The molecule has 0 bridgehead atoms. The molecule has 3 N–H and O–H groups in total. The minimum atomic E-state index is -0.650. The first kappa shape index (κ1) is 20.0. The fourth-order valence-corrected chi connectivity index (χ4v) is 2.47. The summed E-state index contributed by atoms with van der Waals surface area (Å²) in [6, 6.07) is 8.76. The van der Waals surface area contributed by atoms with Crippen molar-refractivity contribution in [2.45, 2.75) is 13.3 Å². The van der Waals surface area contributed by atoms with E-state index in [-0.39, 0.29) is 23.6 Å². The lowest BCUT2D eigenvalue weighted by molar-refractivity contribution is -0.115. The van der Waals surface area contributed by atoms with Gasteiger partial charge in [-0.1, -0.05) is 34.8 Å². The number of rotatable bonds is 5. The topological polar surface area (TPSA) is 90.8 Å². The standard InChI is InChI=1S/C17H14Cl3N3O3/c1-9(6-16(25)21-14-8-11(19)2-4-13(14)20)22-23-17(26)12-7-10(18)3-5-15(12)24/h2-5,7-8,24H,6H2,1H3,(H,21,25)(H,23,26)/b22-9-. The van der Waals surface area contributed by atoms with Gasteiger partial charge in [-0.3, -0.25) is 9.59 Å². The van der Waals surface area contributed by atoms with Crippen LogP contribution in [0.1, 0.15) is 23.7 Å². The molecule has 0 aliphatic heterocycles. The number of hydrazone groups is 1. The number of benzene rings is 2. The van der Waals surface area contributed by atoms with E-state index in [1.807, 2.05) is 0 Å². The lowest BCUT2D eigenvalue weighted by atomic mass is 10.2. The molecule has 2 aromatic carbocycles.